The number of hydrogen-bond donors (Lipinski definition) is 0. The van der Waals surface area contributed by atoms with Gasteiger partial charge in [0.05, 0.1) is 18.6 Å². The molecule has 225 valence electrons. The number of carbonyl (C=O) groups is 3. The monoisotopic (exact) mass is 607 g/mol. The number of hydrogen-bond acceptors (Lipinski definition) is 10. The Morgan fingerprint density at radius 2 is 1.80 bits per heavy atom. The minimum absolute atomic E-state index is 0.0785. The number of esters is 1. The molecule has 13 heteroatoms. The molecule has 0 aliphatic carbocycles. The molecule has 1 saturated heterocycles. The molecule has 0 bridgehead atoms. The number of non-ortho nitro benzene ring substituents is 1. The fraction of sp³-hybridized carbons (Fsp3) is 0.536. The molecule has 11 nitrogen and oxygen atoms in total. The van der Waals surface area contributed by atoms with E-state index in [1.54, 1.807) is 20.8 Å². The number of ether oxygens (including phenoxy) is 3. The average molecular weight is 608 g/mol. The van der Waals surface area contributed by atoms with E-state index >= 15 is 0 Å². The smallest absolute Gasteiger partial charge is 0.464 e. The molecule has 0 spiro atoms. The van der Waals surface area contributed by atoms with Crippen molar-refractivity contribution < 1.29 is 37.9 Å². The zero-order valence-corrected chi connectivity index (χ0v) is 26.8. The number of β-lactam (4-membered cyclic amide) rings is 1. The summed E-state index contributed by atoms with van der Waals surface area (Å²) in [5.41, 5.74) is 0.930. The third kappa shape index (κ3) is 9.17. The van der Waals surface area contributed by atoms with Crippen molar-refractivity contribution in [1.29, 1.82) is 0 Å². The van der Waals surface area contributed by atoms with E-state index < -0.39 is 43.5 Å². The molecule has 0 unspecified atom stereocenters. The molecule has 1 aromatic rings. The number of allylic oxidation sites excluding steroid dienone is 2. The second-order valence-electron chi connectivity index (χ2n) is 10.9. The zero-order valence-electron chi connectivity index (χ0n) is 25.0. The first-order valence-corrected chi connectivity index (χ1v) is 16.3. The number of amides is 1. The Bertz CT molecular complexity index is 1190. The molecule has 3 atom stereocenters. The Labute approximate surface area is 247 Å². The van der Waals surface area contributed by atoms with Crippen LogP contribution in [0.3, 0.4) is 0 Å². The summed E-state index contributed by atoms with van der Waals surface area (Å²) >= 11 is 1.42. The van der Waals surface area contributed by atoms with Crippen molar-refractivity contribution in [1.82, 2.24) is 4.90 Å². The normalized spacial score (nSPS) is 18.0. The van der Waals surface area contributed by atoms with Gasteiger partial charge in [-0.15, -0.1) is 11.8 Å². The molecular weight excluding hydrogens is 568 g/mol. The van der Waals surface area contributed by atoms with Crippen molar-refractivity contribution in [3.05, 3.63) is 62.2 Å². The Kier molecular flexibility index (Phi) is 12.2. The summed E-state index contributed by atoms with van der Waals surface area (Å²) in [5, 5.41) is 10.3. The topological polar surface area (TPSA) is 135 Å². The lowest BCUT2D eigenvalue weighted by atomic mass is 9.91. The molecule has 2 rings (SSSR count). The molecule has 1 aliphatic rings. The fourth-order valence-corrected chi connectivity index (χ4v) is 5.98. The number of rotatable bonds is 12. The Morgan fingerprint density at radius 1 is 1.20 bits per heavy atom. The van der Waals surface area contributed by atoms with Crippen LogP contribution in [0.1, 0.15) is 47.1 Å². The van der Waals surface area contributed by atoms with Gasteiger partial charge in [-0.3, -0.25) is 19.8 Å². The minimum Gasteiger partial charge on any atom is -0.464 e. The number of nitro benzene ring substituents is 1. The zero-order chi connectivity index (χ0) is 31.1. The molecule has 1 heterocycles. The van der Waals surface area contributed by atoms with Crippen molar-refractivity contribution >= 4 is 44.5 Å². The van der Waals surface area contributed by atoms with Gasteiger partial charge in [0, 0.05) is 12.1 Å². The quantitative estimate of drug-likeness (QED) is 0.0714. The van der Waals surface area contributed by atoms with Crippen molar-refractivity contribution in [3.63, 3.8) is 0 Å². The van der Waals surface area contributed by atoms with E-state index in [4.69, 9.17) is 18.6 Å². The predicted octanol–water partition coefficient (Wildman–Crippen LogP) is 5.82. The van der Waals surface area contributed by atoms with E-state index in [1.807, 2.05) is 39.9 Å². The first-order chi connectivity index (χ1) is 19.1. The summed E-state index contributed by atoms with van der Waals surface area (Å²) < 4.78 is 21.5. The van der Waals surface area contributed by atoms with Crippen LogP contribution in [0.25, 0.3) is 0 Å². The van der Waals surface area contributed by atoms with Crippen molar-refractivity contribution in [2.24, 2.45) is 11.3 Å². The number of nitrogens with zero attached hydrogens (tertiary/aromatic N) is 2. The Morgan fingerprint density at radius 3 is 2.29 bits per heavy atom. The van der Waals surface area contributed by atoms with Gasteiger partial charge in [0.25, 0.3) is 5.69 Å². The van der Waals surface area contributed by atoms with Crippen LogP contribution in [-0.4, -0.2) is 62.1 Å². The van der Waals surface area contributed by atoms with Crippen LogP contribution in [-0.2, 0) is 34.8 Å². The molecule has 1 aliphatic heterocycles. The van der Waals surface area contributed by atoms with Gasteiger partial charge in [0.15, 0.2) is 0 Å². The number of benzene rings is 1. The van der Waals surface area contributed by atoms with Crippen molar-refractivity contribution in [2.45, 2.75) is 72.7 Å². The summed E-state index contributed by atoms with van der Waals surface area (Å²) in [6, 6.07) is 5.58. The molecular formula is C28H39N2O9SSi. The summed E-state index contributed by atoms with van der Waals surface area (Å²) in [5.74, 6) is -1.78. The highest BCUT2D eigenvalue weighted by Gasteiger charge is 2.55. The Balaban J connectivity index is 2.27. The molecule has 0 aromatic heterocycles. The van der Waals surface area contributed by atoms with Gasteiger partial charge in [0.2, 0.25) is 14.9 Å². The van der Waals surface area contributed by atoms with Crippen LogP contribution in [0.2, 0.25) is 13.1 Å². The third-order valence-electron chi connectivity index (χ3n) is 6.10. The van der Waals surface area contributed by atoms with Gasteiger partial charge in [-0.25, -0.2) is 9.59 Å². The summed E-state index contributed by atoms with van der Waals surface area (Å²) in [6.45, 7) is 15.5. The van der Waals surface area contributed by atoms with Crippen LogP contribution >= 0.6 is 11.8 Å². The van der Waals surface area contributed by atoms with Crippen molar-refractivity contribution in [2.75, 3.05) is 13.7 Å². The summed E-state index contributed by atoms with van der Waals surface area (Å²) in [6.07, 6.45) is 0.127. The minimum atomic E-state index is -0.984. The Hall–Kier alpha value is -3.16. The van der Waals surface area contributed by atoms with Crippen molar-refractivity contribution in [3.8, 4) is 0 Å². The van der Waals surface area contributed by atoms with E-state index in [9.17, 15) is 24.5 Å². The number of likely N-dealkylation sites (tertiary alicyclic amines) is 1. The third-order valence-corrected chi connectivity index (χ3v) is 8.62. The maximum atomic E-state index is 13.5. The van der Waals surface area contributed by atoms with E-state index in [0.717, 1.165) is 4.91 Å². The second-order valence-corrected chi connectivity index (χ2v) is 14.2. The van der Waals surface area contributed by atoms with Gasteiger partial charge in [0.1, 0.15) is 29.7 Å². The summed E-state index contributed by atoms with van der Waals surface area (Å²) in [7, 11) is 0.349. The lowest BCUT2D eigenvalue weighted by Gasteiger charge is -2.49. The maximum absolute atomic E-state index is 13.5. The van der Waals surface area contributed by atoms with Gasteiger partial charge in [-0.2, -0.15) is 0 Å². The molecule has 1 fully saturated rings. The van der Waals surface area contributed by atoms with Crippen LogP contribution in [0.15, 0.2) is 46.5 Å². The average Bonchev–Trinajstić information content (AvgIpc) is 2.87. The molecule has 1 aromatic carbocycles. The van der Waals surface area contributed by atoms with Crippen LogP contribution in [0, 0.1) is 21.4 Å². The number of nitro groups is 1. The standard InChI is InChI=1S/C28H39N2O9SSi/c1-17(2)23(26(32)36-7)29-24(31)22(25(29)40-21(28(4,5)6)14-15-38-41(8)9)18(3)39-27(33)37-16-19-10-12-20(13-11-19)30(34)35/h10-14,18,22,25H,15-16H2,1-9H3/t18-,22+,25-/m1/s1. The van der Waals surface area contributed by atoms with E-state index in [0.29, 0.717) is 17.7 Å². The molecule has 41 heavy (non-hydrogen) atoms. The van der Waals surface area contributed by atoms with E-state index in [2.05, 4.69) is 0 Å². The predicted molar refractivity (Wildman–Crippen MR) is 157 cm³/mol. The van der Waals surface area contributed by atoms with Gasteiger partial charge in [-0.1, -0.05) is 26.8 Å². The molecule has 1 amide bonds. The lowest BCUT2D eigenvalue weighted by Crippen LogP contribution is -2.63. The highest BCUT2D eigenvalue weighted by Crippen LogP contribution is 2.48. The van der Waals surface area contributed by atoms with Crippen LogP contribution in [0.5, 0.6) is 0 Å². The first kappa shape index (κ1) is 34.0. The van der Waals surface area contributed by atoms with E-state index in [-0.39, 0.29) is 29.3 Å². The van der Waals surface area contributed by atoms with Gasteiger partial charge >= 0.3 is 12.1 Å². The first-order valence-electron chi connectivity index (χ1n) is 13.0. The highest BCUT2D eigenvalue weighted by atomic mass is 32.2. The van der Waals surface area contributed by atoms with Gasteiger partial charge in [-0.05, 0) is 67.5 Å². The maximum Gasteiger partial charge on any atom is 0.508 e. The second kappa shape index (κ2) is 14.6. The summed E-state index contributed by atoms with van der Waals surface area (Å²) in [4.78, 5) is 51.4. The fourth-order valence-electron chi connectivity index (χ4n) is 3.98. The number of thioether (sulfide) groups is 1. The van der Waals surface area contributed by atoms with Crippen LogP contribution < -0.4 is 0 Å². The largest absolute Gasteiger partial charge is 0.508 e. The van der Waals surface area contributed by atoms with E-state index in [1.165, 1.54) is 48.0 Å². The SMILES string of the molecule is COC(=O)C(=C(C)C)N1C(=O)[C@H]([C@@H](C)OC(=O)OCc2ccc([N+](=O)[O-])cc2)[C@H]1SC(=CCO[Si](C)C)C(C)(C)C. The molecule has 0 saturated carbocycles. The molecule has 1 radical (unpaired) electrons. The molecule has 0 N–H and O–H groups in total. The van der Waals surface area contributed by atoms with Crippen LogP contribution in [0.4, 0.5) is 10.5 Å². The highest BCUT2D eigenvalue weighted by molar-refractivity contribution is 8.03. The number of methoxy groups -OCH3 is 1. The number of carbonyl (C=O) groups excluding carboxylic acids is 3. The lowest BCUT2D eigenvalue weighted by molar-refractivity contribution is -0.384. The van der Waals surface area contributed by atoms with Gasteiger partial charge < -0.3 is 18.6 Å².